The van der Waals surface area contributed by atoms with E-state index in [0.717, 1.165) is 16.8 Å². The van der Waals surface area contributed by atoms with Gasteiger partial charge in [-0.05, 0) is 25.7 Å². The number of aromatic nitrogens is 2. The molecule has 2 heterocycles. The summed E-state index contributed by atoms with van der Waals surface area (Å²) < 4.78 is 56.7. The molecule has 0 amide bonds. The number of aliphatic hydroxyl groups excluding tert-OH is 2. The summed E-state index contributed by atoms with van der Waals surface area (Å²) in [7, 11) is -8.10. The van der Waals surface area contributed by atoms with Gasteiger partial charge in [0.2, 0.25) is 0 Å². The summed E-state index contributed by atoms with van der Waals surface area (Å²) in [5.74, 6) is 0. The Kier molecular flexibility index (Phi) is 15.7. The van der Waals surface area contributed by atoms with Gasteiger partial charge >= 0.3 is 50.9 Å². The van der Waals surface area contributed by atoms with Gasteiger partial charge in [-0.3, -0.25) is 32.4 Å². The summed E-state index contributed by atoms with van der Waals surface area (Å²) in [6.45, 7) is -1.33. The Morgan fingerprint density at radius 2 is 1.57 bits per heavy atom. The standard InChI is InChI=1S/C18H32N2O14P2.Na/c1-29-16-15(34-36(27,28)31-11-5-3-9-22)13(12-32-35(25,26)30-10-4-2-8-21)33-17(16)20-7-6-14(23)19-18(20)24;/h6-7,13,15-17,21-22H,2-5,8-12H2,1H3,(H,25,26)(H,27,28)(H,19,23,24);/q;+1. The van der Waals surface area contributed by atoms with Gasteiger partial charge < -0.3 is 29.5 Å². The van der Waals surface area contributed by atoms with Crippen molar-refractivity contribution < 1.29 is 86.3 Å². The molecule has 5 N–H and O–H groups in total. The number of rotatable bonds is 17. The smallest absolute Gasteiger partial charge is 0.396 e. The summed E-state index contributed by atoms with van der Waals surface area (Å²) >= 11 is 0. The van der Waals surface area contributed by atoms with Crippen molar-refractivity contribution in [3.8, 4) is 0 Å². The third kappa shape index (κ3) is 11.4. The molecule has 0 radical (unpaired) electrons. The molecule has 37 heavy (non-hydrogen) atoms. The van der Waals surface area contributed by atoms with Crippen molar-refractivity contribution in [1.29, 1.82) is 0 Å². The van der Waals surface area contributed by atoms with Gasteiger partial charge in [-0.15, -0.1) is 0 Å². The van der Waals surface area contributed by atoms with E-state index in [1.165, 1.54) is 7.11 Å². The molecule has 6 atom stereocenters. The Hall–Kier alpha value is -0.260. The average molecular weight is 585 g/mol. The Bertz CT molecular complexity index is 1020. The molecule has 1 saturated heterocycles. The first-order chi connectivity index (χ1) is 17.0. The van der Waals surface area contributed by atoms with Crippen LogP contribution in [0.2, 0.25) is 0 Å². The van der Waals surface area contributed by atoms with Gasteiger partial charge in [0.05, 0.1) is 19.8 Å². The molecule has 1 aliphatic rings. The Morgan fingerprint density at radius 1 is 0.973 bits per heavy atom. The van der Waals surface area contributed by atoms with E-state index in [1.54, 1.807) is 0 Å². The number of nitrogens with one attached hydrogen (secondary N) is 1. The van der Waals surface area contributed by atoms with E-state index >= 15 is 0 Å². The van der Waals surface area contributed by atoms with Gasteiger partial charge in [-0.1, -0.05) is 0 Å². The molecule has 1 fully saturated rings. The number of aliphatic hydroxyl groups is 2. The monoisotopic (exact) mass is 585 g/mol. The molecular formula is C18H32N2NaO14P2+. The van der Waals surface area contributed by atoms with Crippen molar-refractivity contribution in [2.45, 2.75) is 50.2 Å². The predicted molar refractivity (Wildman–Crippen MR) is 121 cm³/mol. The van der Waals surface area contributed by atoms with Crippen LogP contribution in [0.15, 0.2) is 21.9 Å². The molecule has 0 saturated carbocycles. The van der Waals surface area contributed by atoms with Crippen LogP contribution in [0, 0.1) is 0 Å². The minimum absolute atomic E-state index is 0. The van der Waals surface area contributed by atoms with Crippen molar-refractivity contribution in [3.63, 3.8) is 0 Å². The van der Waals surface area contributed by atoms with Crippen LogP contribution in [-0.4, -0.2) is 88.0 Å². The van der Waals surface area contributed by atoms with E-state index in [0.29, 0.717) is 19.3 Å². The van der Waals surface area contributed by atoms with Gasteiger partial charge in [-0.2, -0.15) is 0 Å². The second kappa shape index (κ2) is 16.8. The first-order valence-corrected chi connectivity index (χ1v) is 14.0. The normalized spacial score (nSPS) is 24.8. The van der Waals surface area contributed by atoms with Gasteiger partial charge in [0.1, 0.15) is 18.3 Å². The molecule has 19 heteroatoms. The second-order valence-corrected chi connectivity index (χ2v) is 10.5. The number of methoxy groups -OCH3 is 1. The molecule has 0 bridgehead atoms. The topological polar surface area (TPSA) is 225 Å². The fourth-order valence-electron chi connectivity index (χ4n) is 3.25. The molecule has 1 aliphatic heterocycles. The second-order valence-electron chi connectivity index (χ2n) is 7.61. The summed E-state index contributed by atoms with van der Waals surface area (Å²) in [5, 5.41) is 17.6. The Balaban J connectivity index is 0.00000684. The minimum atomic E-state index is -4.73. The number of H-pyrrole nitrogens is 1. The first-order valence-electron chi connectivity index (χ1n) is 11.0. The summed E-state index contributed by atoms with van der Waals surface area (Å²) in [6.07, 6.45) is -2.96. The van der Waals surface area contributed by atoms with E-state index in [4.69, 9.17) is 37.8 Å². The molecule has 16 nitrogen and oxygen atoms in total. The molecule has 0 spiro atoms. The summed E-state index contributed by atoms with van der Waals surface area (Å²) in [6, 6.07) is 1.04. The number of nitrogens with zero attached hydrogens (tertiary/aromatic N) is 1. The molecule has 0 aliphatic carbocycles. The largest absolute Gasteiger partial charge is 1.00 e. The number of hydrogen-bond acceptors (Lipinski definition) is 12. The van der Waals surface area contributed by atoms with Crippen molar-refractivity contribution in [1.82, 2.24) is 9.55 Å². The van der Waals surface area contributed by atoms with Crippen LogP contribution in [0.3, 0.4) is 0 Å². The van der Waals surface area contributed by atoms with E-state index in [1.807, 2.05) is 4.98 Å². The number of aromatic amines is 1. The van der Waals surface area contributed by atoms with E-state index in [-0.39, 0.29) is 62.4 Å². The molecular weight excluding hydrogens is 553 g/mol. The summed E-state index contributed by atoms with van der Waals surface area (Å²) in [5.41, 5.74) is -1.55. The zero-order valence-corrected chi connectivity index (χ0v) is 24.3. The number of phosphoric ester groups is 2. The van der Waals surface area contributed by atoms with Crippen LogP contribution in [-0.2, 0) is 36.7 Å². The fraction of sp³-hybridized carbons (Fsp3) is 0.778. The fourth-order valence-corrected chi connectivity index (χ4v) is 5.00. The van der Waals surface area contributed by atoms with E-state index in [9.17, 15) is 28.5 Å². The summed E-state index contributed by atoms with van der Waals surface area (Å²) in [4.78, 5) is 45.9. The maximum atomic E-state index is 12.5. The number of hydrogen-bond donors (Lipinski definition) is 5. The quantitative estimate of drug-likeness (QED) is 0.0684. The van der Waals surface area contributed by atoms with Gasteiger partial charge in [0, 0.05) is 32.6 Å². The third-order valence-corrected chi connectivity index (χ3v) is 6.96. The van der Waals surface area contributed by atoms with Crippen molar-refractivity contribution >= 4 is 15.6 Å². The SMILES string of the molecule is COC1C(OP(=O)(O)OCCCCO)C(COP(=O)(O)OCCCCO)OC1n1ccc(=O)[nH]c1=O.[Na+]. The van der Waals surface area contributed by atoms with Crippen LogP contribution in [0.4, 0.5) is 0 Å². The zero-order valence-electron chi connectivity index (χ0n) is 20.5. The van der Waals surface area contributed by atoms with Gasteiger partial charge in [-0.25, -0.2) is 13.9 Å². The maximum Gasteiger partial charge on any atom is 1.00 e. The third-order valence-electron chi connectivity index (χ3n) is 4.95. The van der Waals surface area contributed by atoms with Crippen LogP contribution in [0.25, 0.3) is 0 Å². The number of unbranched alkanes of at least 4 members (excludes halogenated alkanes) is 2. The number of phosphoric acid groups is 2. The first kappa shape index (κ1) is 34.8. The van der Waals surface area contributed by atoms with Crippen molar-refractivity contribution in [2.75, 3.05) is 40.1 Å². The molecule has 2 rings (SSSR count). The van der Waals surface area contributed by atoms with Crippen LogP contribution < -0.4 is 40.8 Å². The molecule has 1 aromatic heterocycles. The molecule has 0 aromatic carbocycles. The minimum Gasteiger partial charge on any atom is -0.396 e. The number of ether oxygens (including phenoxy) is 2. The molecule has 1 aromatic rings. The van der Waals surface area contributed by atoms with Crippen molar-refractivity contribution in [2.24, 2.45) is 0 Å². The predicted octanol–water partition coefficient (Wildman–Crippen LogP) is -3.37. The molecule has 6 unspecified atom stereocenters. The van der Waals surface area contributed by atoms with E-state index < -0.39 is 58.0 Å². The van der Waals surface area contributed by atoms with Crippen LogP contribution in [0.5, 0.6) is 0 Å². The van der Waals surface area contributed by atoms with Crippen LogP contribution in [0.1, 0.15) is 31.9 Å². The molecule has 208 valence electrons. The Labute approximate surface area is 234 Å². The van der Waals surface area contributed by atoms with Crippen LogP contribution >= 0.6 is 15.6 Å². The maximum absolute atomic E-state index is 12.5. The van der Waals surface area contributed by atoms with Gasteiger partial charge in [0.15, 0.2) is 6.23 Å². The van der Waals surface area contributed by atoms with Crippen molar-refractivity contribution in [3.05, 3.63) is 33.1 Å². The van der Waals surface area contributed by atoms with E-state index in [2.05, 4.69) is 0 Å². The zero-order chi connectivity index (χ0) is 26.8. The van der Waals surface area contributed by atoms with Gasteiger partial charge in [0.25, 0.3) is 5.56 Å². The average Bonchev–Trinajstić information content (AvgIpc) is 3.14. The Morgan fingerprint density at radius 3 is 2.11 bits per heavy atom.